The van der Waals surface area contributed by atoms with E-state index in [4.69, 9.17) is 23.4 Å². The van der Waals surface area contributed by atoms with Crippen LogP contribution < -0.4 is 0 Å². The Kier molecular flexibility index (Phi) is 13.1. The summed E-state index contributed by atoms with van der Waals surface area (Å²) < 4.78 is 32.4. The fourth-order valence-electron chi connectivity index (χ4n) is 7.53. The van der Waals surface area contributed by atoms with E-state index < -0.39 is 32.3 Å². The first-order valence-corrected chi connectivity index (χ1v) is 22.0. The van der Waals surface area contributed by atoms with Gasteiger partial charge < -0.3 is 23.4 Å². The summed E-state index contributed by atoms with van der Waals surface area (Å²) in [6, 6.07) is 14.1. The molecule has 8 heteroatoms. The number of esters is 2. The SMILES string of the molecule is CC(C)[C@@H]1CC[C@@H](C)C[C@@]12OCC[C@@H](C[C@H](OC(=O)C[C@H](CC(=O)O[C@H](C)c1cccc3ccccc13)O[Si](C)(C)C(C)(C)C)C(C)(C)C)O2. The highest BCUT2D eigenvalue weighted by Crippen LogP contribution is 2.47. The number of hydrogen-bond donors (Lipinski definition) is 0. The summed E-state index contributed by atoms with van der Waals surface area (Å²) in [7, 11) is -2.35. The molecule has 2 aromatic rings. The molecular weight excluding hydrogens is 645 g/mol. The number of hydrogen-bond acceptors (Lipinski definition) is 7. The molecule has 50 heavy (non-hydrogen) atoms. The van der Waals surface area contributed by atoms with Gasteiger partial charge in [0.2, 0.25) is 0 Å². The smallest absolute Gasteiger partial charge is 0.308 e. The maximum atomic E-state index is 13.8. The maximum absolute atomic E-state index is 13.8. The van der Waals surface area contributed by atoms with Gasteiger partial charge in [-0.2, -0.15) is 0 Å². The van der Waals surface area contributed by atoms with Crippen LogP contribution in [0.25, 0.3) is 10.8 Å². The van der Waals surface area contributed by atoms with Gasteiger partial charge in [0.05, 0.1) is 31.7 Å². The Morgan fingerprint density at radius 3 is 2.18 bits per heavy atom. The molecule has 280 valence electrons. The van der Waals surface area contributed by atoms with Crippen molar-refractivity contribution in [1.82, 2.24) is 0 Å². The minimum absolute atomic E-state index is 0.0254. The minimum Gasteiger partial charge on any atom is -0.462 e. The zero-order valence-electron chi connectivity index (χ0n) is 33.1. The van der Waals surface area contributed by atoms with Gasteiger partial charge in [0.25, 0.3) is 0 Å². The van der Waals surface area contributed by atoms with E-state index in [0.717, 1.165) is 35.6 Å². The van der Waals surface area contributed by atoms with Crippen molar-refractivity contribution in [3.05, 3.63) is 48.0 Å². The van der Waals surface area contributed by atoms with Crippen LogP contribution in [0, 0.1) is 23.2 Å². The number of benzene rings is 2. The number of rotatable bonds is 12. The standard InChI is InChI=1S/C42H66O7Si/c1-28(2)36-21-20-29(3)27-42(36)45-23-22-32(48-42)24-37(40(5,6)7)47-39(44)26-33(49-50(11,12)41(8,9)10)25-38(43)46-30(4)34-19-15-17-31-16-13-14-18-35(31)34/h13-19,28-30,32-33,36-37H,20-27H2,1-12H3/t29-,30-,32+,33+,36+,37+,42+/m1/s1. The molecule has 1 saturated heterocycles. The zero-order valence-corrected chi connectivity index (χ0v) is 34.1. The first kappa shape index (κ1) is 40.5. The van der Waals surface area contributed by atoms with Crippen LogP contribution in [-0.2, 0) is 33.0 Å². The lowest BCUT2D eigenvalue weighted by atomic mass is 9.72. The third-order valence-electron chi connectivity index (χ3n) is 11.5. The second-order valence-corrected chi connectivity index (χ2v) is 22.9. The van der Waals surface area contributed by atoms with E-state index in [1.54, 1.807) is 0 Å². The molecule has 4 rings (SSSR count). The Hall–Kier alpha value is -2.26. The highest BCUT2D eigenvalue weighted by Gasteiger charge is 2.50. The second kappa shape index (κ2) is 16.2. The third kappa shape index (κ3) is 10.2. The molecular formula is C42H66O7Si. The van der Waals surface area contributed by atoms with E-state index in [1.165, 1.54) is 6.42 Å². The average molecular weight is 711 g/mol. The van der Waals surface area contributed by atoms with E-state index in [-0.39, 0.29) is 41.5 Å². The lowest BCUT2D eigenvalue weighted by Gasteiger charge is -2.51. The molecule has 0 aromatic heterocycles. The number of fused-ring (bicyclic) bond motifs is 1. The van der Waals surface area contributed by atoms with Crippen LogP contribution >= 0.6 is 0 Å². The maximum Gasteiger partial charge on any atom is 0.308 e. The molecule has 2 fully saturated rings. The van der Waals surface area contributed by atoms with Crippen molar-refractivity contribution in [2.45, 2.75) is 163 Å². The molecule has 2 aliphatic rings. The molecule has 0 bridgehead atoms. The Morgan fingerprint density at radius 1 is 0.900 bits per heavy atom. The lowest BCUT2D eigenvalue weighted by molar-refractivity contribution is -0.341. The third-order valence-corrected chi connectivity index (χ3v) is 16.0. The summed E-state index contributed by atoms with van der Waals surface area (Å²) in [6.45, 7) is 26.4. The number of carbonyl (C=O) groups is 2. The van der Waals surface area contributed by atoms with Gasteiger partial charge in [0, 0.05) is 18.8 Å². The number of ether oxygens (including phenoxy) is 4. The molecule has 0 N–H and O–H groups in total. The monoisotopic (exact) mass is 710 g/mol. The van der Waals surface area contributed by atoms with Crippen LogP contribution in [0.4, 0.5) is 0 Å². The van der Waals surface area contributed by atoms with Crippen molar-refractivity contribution in [3.63, 3.8) is 0 Å². The number of carbonyl (C=O) groups excluding carboxylic acids is 2. The fraction of sp³-hybridized carbons (Fsp3) is 0.714. The topological polar surface area (TPSA) is 80.3 Å². The predicted molar refractivity (Wildman–Crippen MR) is 203 cm³/mol. The lowest BCUT2D eigenvalue weighted by Crippen LogP contribution is -2.55. The van der Waals surface area contributed by atoms with Crippen molar-refractivity contribution in [2.24, 2.45) is 23.2 Å². The van der Waals surface area contributed by atoms with Crippen molar-refractivity contribution in [2.75, 3.05) is 6.61 Å². The van der Waals surface area contributed by atoms with Gasteiger partial charge in [-0.15, -0.1) is 0 Å². The van der Waals surface area contributed by atoms with Crippen LogP contribution in [0.3, 0.4) is 0 Å². The molecule has 7 atom stereocenters. The molecule has 2 aromatic carbocycles. The van der Waals surface area contributed by atoms with E-state index in [2.05, 4.69) is 87.5 Å². The quantitative estimate of drug-likeness (QED) is 0.160. The van der Waals surface area contributed by atoms with E-state index in [9.17, 15) is 9.59 Å². The highest BCUT2D eigenvalue weighted by molar-refractivity contribution is 6.74. The van der Waals surface area contributed by atoms with E-state index in [1.807, 2.05) is 37.3 Å². The first-order valence-electron chi connectivity index (χ1n) is 19.1. The molecule has 0 radical (unpaired) electrons. The molecule has 1 aliphatic carbocycles. The van der Waals surface area contributed by atoms with Gasteiger partial charge in [-0.05, 0) is 71.5 Å². The Labute approximate surface area is 303 Å². The average Bonchev–Trinajstić information content (AvgIpc) is 2.99. The van der Waals surface area contributed by atoms with Crippen molar-refractivity contribution >= 4 is 31.0 Å². The summed E-state index contributed by atoms with van der Waals surface area (Å²) in [6.07, 6.45) is 2.94. The van der Waals surface area contributed by atoms with Crippen molar-refractivity contribution < 1.29 is 33.0 Å². The summed E-state index contributed by atoms with van der Waals surface area (Å²) in [4.78, 5) is 27.3. The van der Waals surface area contributed by atoms with Gasteiger partial charge in [-0.3, -0.25) is 9.59 Å². The van der Waals surface area contributed by atoms with Crippen molar-refractivity contribution in [3.8, 4) is 0 Å². The van der Waals surface area contributed by atoms with Gasteiger partial charge in [-0.25, -0.2) is 0 Å². The van der Waals surface area contributed by atoms with Crippen LogP contribution in [0.2, 0.25) is 18.1 Å². The molecule has 1 spiro atoms. The second-order valence-electron chi connectivity index (χ2n) is 18.1. The zero-order chi connectivity index (χ0) is 37.1. The Morgan fingerprint density at radius 2 is 1.54 bits per heavy atom. The van der Waals surface area contributed by atoms with Crippen LogP contribution in [0.5, 0.6) is 0 Å². The molecule has 1 aliphatic heterocycles. The van der Waals surface area contributed by atoms with E-state index >= 15 is 0 Å². The van der Waals surface area contributed by atoms with Crippen LogP contribution in [0.15, 0.2) is 42.5 Å². The molecule has 0 unspecified atom stereocenters. The van der Waals surface area contributed by atoms with Gasteiger partial charge in [-0.1, -0.05) is 111 Å². The van der Waals surface area contributed by atoms with Crippen LogP contribution in [0.1, 0.15) is 126 Å². The van der Waals surface area contributed by atoms with Crippen LogP contribution in [-0.4, -0.2) is 51.0 Å². The largest absolute Gasteiger partial charge is 0.462 e. The van der Waals surface area contributed by atoms with Gasteiger partial charge in [0.15, 0.2) is 14.1 Å². The highest BCUT2D eigenvalue weighted by atomic mass is 28.4. The van der Waals surface area contributed by atoms with Gasteiger partial charge in [0.1, 0.15) is 12.2 Å². The molecule has 1 heterocycles. The van der Waals surface area contributed by atoms with Gasteiger partial charge >= 0.3 is 11.9 Å². The van der Waals surface area contributed by atoms with E-state index in [0.29, 0.717) is 30.8 Å². The summed E-state index contributed by atoms with van der Waals surface area (Å²) in [5, 5.41) is 2.04. The normalized spacial score (nSPS) is 25.3. The Bertz CT molecular complexity index is 1430. The molecule has 7 nitrogen and oxygen atoms in total. The Balaban J connectivity index is 1.47. The minimum atomic E-state index is -2.35. The molecule has 1 saturated carbocycles. The van der Waals surface area contributed by atoms with Crippen molar-refractivity contribution in [1.29, 1.82) is 0 Å². The predicted octanol–water partition coefficient (Wildman–Crippen LogP) is 10.6. The fourth-order valence-corrected chi connectivity index (χ4v) is 8.88. The molecule has 0 amide bonds. The summed E-state index contributed by atoms with van der Waals surface area (Å²) in [5.41, 5.74) is 0.634. The summed E-state index contributed by atoms with van der Waals surface area (Å²) in [5.74, 6) is 0.00524. The first-order chi connectivity index (χ1) is 23.2. The summed E-state index contributed by atoms with van der Waals surface area (Å²) >= 11 is 0.